The summed E-state index contributed by atoms with van der Waals surface area (Å²) in [5, 5.41) is 3.22. The number of aliphatic imine (C=N–C) groups is 1. The predicted molar refractivity (Wildman–Crippen MR) is 119 cm³/mol. The van der Waals surface area contributed by atoms with Gasteiger partial charge in [0.25, 0.3) is 0 Å². The minimum atomic E-state index is -5.24. The summed E-state index contributed by atoms with van der Waals surface area (Å²) in [6, 6.07) is 9.94. The molecule has 11 heteroatoms. The summed E-state index contributed by atoms with van der Waals surface area (Å²) in [6.07, 6.45) is 0.723. The molecule has 0 atom stereocenters. The number of benzene rings is 1. The molecular formula is C18H28F3IN4O2S. The Kier molecular flexibility index (Phi) is 10.2. The number of piperidine rings is 1. The van der Waals surface area contributed by atoms with Crippen LogP contribution in [0.25, 0.3) is 0 Å². The van der Waals surface area contributed by atoms with Crippen LogP contribution in [0.5, 0.6) is 0 Å². The minimum absolute atomic E-state index is 0. The largest absolute Gasteiger partial charge is 0.511 e. The Balaban J connectivity index is 0.00000420. The molecule has 0 radical (unpaired) electrons. The number of guanidine groups is 1. The first-order chi connectivity index (χ1) is 13.1. The third kappa shape index (κ3) is 7.28. The Morgan fingerprint density at radius 3 is 2.34 bits per heavy atom. The topological polar surface area (TPSA) is 65.0 Å². The molecule has 0 unspecified atom stereocenters. The molecule has 2 rings (SSSR count). The van der Waals surface area contributed by atoms with E-state index in [0.29, 0.717) is 36.8 Å². The van der Waals surface area contributed by atoms with Crippen LogP contribution in [0.15, 0.2) is 35.3 Å². The second-order valence-corrected chi connectivity index (χ2v) is 8.76. The van der Waals surface area contributed by atoms with Gasteiger partial charge in [-0.2, -0.15) is 17.5 Å². The number of halogens is 4. The maximum Gasteiger partial charge on any atom is 0.511 e. The third-order valence-electron chi connectivity index (χ3n) is 4.66. The van der Waals surface area contributed by atoms with Crippen LogP contribution < -0.4 is 5.32 Å². The highest BCUT2D eigenvalue weighted by Gasteiger charge is 2.50. The van der Waals surface area contributed by atoms with E-state index < -0.39 is 15.5 Å². The zero-order chi connectivity index (χ0) is 20.8. The van der Waals surface area contributed by atoms with E-state index in [4.69, 9.17) is 0 Å². The lowest BCUT2D eigenvalue weighted by molar-refractivity contribution is -0.0496. The summed E-state index contributed by atoms with van der Waals surface area (Å²) < 4.78 is 61.5. The lowest BCUT2D eigenvalue weighted by Crippen LogP contribution is -2.45. The van der Waals surface area contributed by atoms with Crippen molar-refractivity contribution < 1.29 is 21.6 Å². The molecule has 0 spiro atoms. The average Bonchev–Trinajstić information content (AvgIpc) is 2.65. The summed E-state index contributed by atoms with van der Waals surface area (Å²) in [7, 11) is -3.31. The van der Waals surface area contributed by atoms with Gasteiger partial charge in [-0.1, -0.05) is 30.3 Å². The zero-order valence-corrected chi connectivity index (χ0v) is 19.7. The minimum Gasteiger partial charge on any atom is -0.357 e. The van der Waals surface area contributed by atoms with Gasteiger partial charge in [0.2, 0.25) is 0 Å². The summed E-state index contributed by atoms with van der Waals surface area (Å²) in [5.41, 5.74) is -4.10. The van der Waals surface area contributed by atoms with Gasteiger partial charge in [0.1, 0.15) is 0 Å². The number of alkyl halides is 3. The van der Waals surface area contributed by atoms with Gasteiger partial charge in [-0.25, -0.2) is 8.42 Å². The predicted octanol–water partition coefficient (Wildman–Crippen LogP) is 3.26. The average molecular weight is 548 g/mol. The van der Waals surface area contributed by atoms with Crippen LogP contribution in [0.1, 0.15) is 25.3 Å². The molecule has 1 aliphatic heterocycles. The maximum atomic E-state index is 12.7. The molecule has 29 heavy (non-hydrogen) atoms. The number of sulfonamides is 1. The molecule has 1 heterocycles. The summed E-state index contributed by atoms with van der Waals surface area (Å²) in [4.78, 5) is 6.60. The van der Waals surface area contributed by atoms with Gasteiger partial charge in [-0.05, 0) is 31.2 Å². The second-order valence-electron chi connectivity index (χ2n) is 6.83. The molecule has 0 aliphatic carbocycles. The lowest BCUT2D eigenvalue weighted by atomic mass is 9.98. The molecular weight excluding hydrogens is 520 g/mol. The number of nitrogens with zero attached hydrogens (tertiary/aromatic N) is 3. The third-order valence-corrected chi connectivity index (χ3v) is 6.29. The van der Waals surface area contributed by atoms with Gasteiger partial charge < -0.3 is 10.2 Å². The first-order valence-electron chi connectivity index (χ1n) is 9.25. The van der Waals surface area contributed by atoms with Crippen LogP contribution in [0.4, 0.5) is 13.2 Å². The van der Waals surface area contributed by atoms with E-state index in [1.54, 1.807) is 0 Å². The second kappa shape index (κ2) is 11.3. The monoisotopic (exact) mass is 548 g/mol. The van der Waals surface area contributed by atoms with Crippen molar-refractivity contribution in [1.82, 2.24) is 14.5 Å². The summed E-state index contributed by atoms with van der Waals surface area (Å²) in [5.74, 6) is 0.773. The highest BCUT2D eigenvalue weighted by Crippen LogP contribution is 2.30. The Bertz CT molecular complexity index is 752. The van der Waals surface area contributed by atoms with E-state index in [-0.39, 0.29) is 43.0 Å². The van der Waals surface area contributed by atoms with Crippen molar-refractivity contribution >= 4 is 40.0 Å². The molecule has 1 aliphatic rings. The van der Waals surface area contributed by atoms with Crippen molar-refractivity contribution in [3.8, 4) is 0 Å². The Labute approximate surface area is 187 Å². The van der Waals surface area contributed by atoms with Crippen LogP contribution in [0.3, 0.4) is 0 Å². The van der Waals surface area contributed by atoms with Gasteiger partial charge in [0.15, 0.2) is 5.96 Å². The van der Waals surface area contributed by atoms with Gasteiger partial charge in [-0.3, -0.25) is 4.99 Å². The van der Waals surface area contributed by atoms with Crippen LogP contribution >= 0.6 is 24.0 Å². The van der Waals surface area contributed by atoms with Crippen LogP contribution in [-0.2, 0) is 16.6 Å². The smallest absolute Gasteiger partial charge is 0.357 e. The van der Waals surface area contributed by atoms with Crippen LogP contribution in [-0.4, -0.2) is 62.3 Å². The zero-order valence-electron chi connectivity index (χ0n) is 16.5. The summed E-state index contributed by atoms with van der Waals surface area (Å²) in [6.45, 7) is 3.53. The Hall–Kier alpha value is -1.08. The molecule has 1 saturated heterocycles. The molecule has 0 saturated carbocycles. The van der Waals surface area contributed by atoms with Crippen molar-refractivity contribution in [2.45, 2.75) is 31.8 Å². The van der Waals surface area contributed by atoms with E-state index >= 15 is 0 Å². The van der Waals surface area contributed by atoms with Crippen molar-refractivity contribution in [3.63, 3.8) is 0 Å². The fourth-order valence-corrected chi connectivity index (χ4v) is 4.08. The molecule has 6 nitrogen and oxygen atoms in total. The fraction of sp³-hybridized carbons (Fsp3) is 0.611. The van der Waals surface area contributed by atoms with Gasteiger partial charge in [0.05, 0.1) is 0 Å². The van der Waals surface area contributed by atoms with Crippen LogP contribution in [0.2, 0.25) is 0 Å². The normalized spacial score (nSPS) is 16.9. The summed E-state index contributed by atoms with van der Waals surface area (Å²) >= 11 is 0. The van der Waals surface area contributed by atoms with Gasteiger partial charge in [0, 0.05) is 39.8 Å². The van der Waals surface area contributed by atoms with Gasteiger partial charge in [-0.15, -0.1) is 24.0 Å². The molecule has 0 aromatic heterocycles. The maximum absolute atomic E-state index is 12.7. The SMILES string of the molecule is CCNC(=NCC1CCN(S(=O)(=O)C(F)(F)F)CC1)N(C)Cc1ccccc1.I. The van der Waals surface area contributed by atoms with E-state index in [9.17, 15) is 21.6 Å². The first kappa shape index (κ1) is 26.0. The molecule has 0 amide bonds. The lowest BCUT2D eigenvalue weighted by Gasteiger charge is -2.31. The number of hydrogen-bond acceptors (Lipinski definition) is 3. The van der Waals surface area contributed by atoms with E-state index in [1.165, 1.54) is 0 Å². The number of rotatable bonds is 6. The molecule has 1 N–H and O–H groups in total. The Morgan fingerprint density at radius 2 is 1.83 bits per heavy atom. The van der Waals surface area contributed by atoms with Crippen molar-refractivity contribution in [2.24, 2.45) is 10.9 Å². The van der Waals surface area contributed by atoms with Crippen LogP contribution in [0, 0.1) is 5.92 Å². The van der Waals surface area contributed by atoms with E-state index in [0.717, 1.165) is 11.5 Å². The molecule has 166 valence electrons. The quantitative estimate of drug-likeness (QED) is 0.337. The van der Waals surface area contributed by atoms with Gasteiger partial charge >= 0.3 is 15.5 Å². The van der Waals surface area contributed by atoms with Crippen molar-refractivity contribution in [1.29, 1.82) is 0 Å². The first-order valence-corrected chi connectivity index (χ1v) is 10.7. The fourth-order valence-electron chi connectivity index (χ4n) is 3.10. The van der Waals surface area contributed by atoms with E-state index in [2.05, 4.69) is 10.3 Å². The molecule has 1 fully saturated rings. The molecule has 1 aromatic rings. The van der Waals surface area contributed by atoms with Crippen molar-refractivity contribution in [3.05, 3.63) is 35.9 Å². The van der Waals surface area contributed by atoms with E-state index in [1.807, 2.05) is 49.2 Å². The Morgan fingerprint density at radius 1 is 1.24 bits per heavy atom. The standard InChI is InChI=1S/C18H27F3N4O2S.HI/c1-3-22-17(24(2)14-16-7-5-4-6-8-16)23-13-15-9-11-25(12-10-15)28(26,27)18(19,20)21;/h4-8,15H,3,9-14H2,1-2H3,(H,22,23);1H. The highest BCUT2D eigenvalue weighted by atomic mass is 127. The number of nitrogens with one attached hydrogen (secondary N) is 1. The molecule has 0 bridgehead atoms. The number of hydrogen-bond donors (Lipinski definition) is 1. The van der Waals surface area contributed by atoms with Crippen molar-refractivity contribution in [2.75, 3.05) is 33.2 Å². The highest BCUT2D eigenvalue weighted by molar-refractivity contribution is 14.0. The molecule has 1 aromatic carbocycles.